The summed E-state index contributed by atoms with van der Waals surface area (Å²) in [5.74, 6) is 1.63. The van der Waals surface area contributed by atoms with Crippen molar-refractivity contribution in [1.29, 1.82) is 0 Å². The van der Waals surface area contributed by atoms with Gasteiger partial charge in [-0.1, -0.05) is 17.3 Å². The maximum Gasteiger partial charge on any atom is 0.141 e. The predicted octanol–water partition coefficient (Wildman–Crippen LogP) is 4.28. The third-order valence-electron chi connectivity index (χ3n) is 4.23. The molecule has 0 aliphatic heterocycles. The Morgan fingerprint density at radius 1 is 1.12 bits per heavy atom. The summed E-state index contributed by atoms with van der Waals surface area (Å²) >= 11 is 0. The Bertz CT molecular complexity index is 1010. The lowest BCUT2D eigenvalue weighted by molar-refractivity contribution is 0.393. The van der Waals surface area contributed by atoms with E-state index in [1.54, 1.807) is 13.4 Å². The highest BCUT2D eigenvalue weighted by atomic mass is 16.5. The number of imidazole rings is 1. The average Bonchev–Trinajstić information content (AvgIpc) is 3.21. The van der Waals surface area contributed by atoms with Crippen molar-refractivity contribution >= 4 is 5.52 Å². The molecule has 0 saturated heterocycles. The van der Waals surface area contributed by atoms with Gasteiger partial charge in [0.25, 0.3) is 0 Å². The number of hydrogen-bond donors (Lipinski definition) is 0. The second-order valence-corrected chi connectivity index (χ2v) is 5.76. The van der Waals surface area contributed by atoms with Crippen LogP contribution in [0.1, 0.15) is 11.5 Å². The lowest BCUT2D eigenvalue weighted by Crippen LogP contribution is -1.92. The van der Waals surface area contributed by atoms with Gasteiger partial charge in [-0.2, -0.15) is 0 Å². The molecule has 4 rings (SSSR count). The first kappa shape index (κ1) is 14.5. The largest absolute Gasteiger partial charge is 0.497 e. The van der Waals surface area contributed by atoms with Crippen molar-refractivity contribution in [2.45, 2.75) is 13.8 Å². The average molecular weight is 319 g/mol. The fourth-order valence-electron chi connectivity index (χ4n) is 3.06. The third-order valence-corrected chi connectivity index (χ3v) is 4.23. The predicted molar refractivity (Wildman–Crippen MR) is 92.2 cm³/mol. The van der Waals surface area contributed by atoms with Crippen molar-refractivity contribution in [3.63, 3.8) is 0 Å². The van der Waals surface area contributed by atoms with Crippen molar-refractivity contribution in [3.05, 3.63) is 60.5 Å². The molecule has 0 radical (unpaired) electrons. The molecule has 3 heterocycles. The zero-order valence-electron chi connectivity index (χ0n) is 13.8. The number of pyridine rings is 1. The van der Waals surface area contributed by atoms with E-state index in [0.29, 0.717) is 0 Å². The lowest BCUT2D eigenvalue weighted by Gasteiger charge is -2.10. The van der Waals surface area contributed by atoms with Crippen molar-refractivity contribution in [2.75, 3.05) is 7.11 Å². The van der Waals surface area contributed by atoms with E-state index in [1.807, 2.05) is 42.6 Å². The van der Waals surface area contributed by atoms with Crippen LogP contribution in [0.25, 0.3) is 27.8 Å². The van der Waals surface area contributed by atoms with Gasteiger partial charge < -0.3 is 13.7 Å². The van der Waals surface area contributed by atoms with Crippen LogP contribution < -0.4 is 4.74 Å². The molecule has 5 heteroatoms. The molecule has 0 fully saturated rings. The van der Waals surface area contributed by atoms with Gasteiger partial charge in [-0.15, -0.1) is 0 Å². The Morgan fingerprint density at radius 3 is 2.75 bits per heavy atom. The van der Waals surface area contributed by atoms with E-state index in [4.69, 9.17) is 9.26 Å². The zero-order chi connectivity index (χ0) is 16.7. The van der Waals surface area contributed by atoms with Gasteiger partial charge in [0, 0.05) is 17.3 Å². The molecular weight excluding hydrogens is 302 g/mol. The Kier molecular flexibility index (Phi) is 3.34. The highest BCUT2D eigenvalue weighted by molar-refractivity contribution is 5.86. The molecule has 0 aliphatic carbocycles. The molecule has 4 aromatic rings. The molecule has 3 aromatic heterocycles. The summed E-state index contributed by atoms with van der Waals surface area (Å²) < 4.78 is 12.7. The summed E-state index contributed by atoms with van der Waals surface area (Å²) in [6.07, 6.45) is 5.73. The lowest BCUT2D eigenvalue weighted by atomic mass is 9.99. The highest BCUT2D eigenvalue weighted by Crippen LogP contribution is 2.34. The van der Waals surface area contributed by atoms with Crippen LogP contribution in [-0.2, 0) is 0 Å². The highest BCUT2D eigenvalue weighted by Gasteiger charge is 2.16. The molecule has 24 heavy (non-hydrogen) atoms. The van der Waals surface area contributed by atoms with E-state index in [0.717, 1.165) is 45.0 Å². The monoisotopic (exact) mass is 319 g/mol. The second kappa shape index (κ2) is 5.53. The van der Waals surface area contributed by atoms with Crippen LogP contribution in [0.5, 0.6) is 5.75 Å². The summed E-state index contributed by atoms with van der Waals surface area (Å²) in [6.45, 7) is 3.89. The minimum atomic E-state index is 0.804. The first-order valence-electron chi connectivity index (χ1n) is 7.71. The second-order valence-electron chi connectivity index (χ2n) is 5.76. The Balaban J connectivity index is 1.99. The SMILES string of the molecule is COc1cccc(-c2cc(-c3c(C)noc3C)c3cncn3c2)c1. The van der Waals surface area contributed by atoms with E-state index in [-0.39, 0.29) is 0 Å². The van der Waals surface area contributed by atoms with Crippen molar-refractivity contribution in [2.24, 2.45) is 0 Å². The van der Waals surface area contributed by atoms with Crippen molar-refractivity contribution < 1.29 is 9.26 Å². The molecule has 0 bridgehead atoms. The van der Waals surface area contributed by atoms with E-state index in [1.165, 1.54) is 0 Å². The molecule has 0 unspecified atom stereocenters. The van der Waals surface area contributed by atoms with Crippen LogP contribution in [-0.4, -0.2) is 21.7 Å². The molecule has 0 amide bonds. The van der Waals surface area contributed by atoms with E-state index < -0.39 is 0 Å². The molecule has 120 valence electrons. The molecular formula is C19H17N3O2. The topological polar surface area (TPSA) is 52.6 Å². The standard InChI is InChI=1S/C19H17N3O2/c1-12-19(13(2)24-21-12)17-8-15(10-22-11-20-9-18(17)22)14-5-4-6-16(7-14)23-3/h4-11H,1-3H3. The minimum absolute atomic E-state index is 0.804. The van der Waals surface area contributed by atoms with Gasteiger partial charge in [-0.3, -0.25) is 0 Å². The van der Waals surface area contributed by atoms with Crippen molar-refractivity contribution in [1.82, 2.24) is 14.5 Å². The number of nitrogens with zero attached hydrogens (tertiary/aromatic N) is 3. The van der Waals surface area contributed by atoms with Crippen LogP contribution in [0.3, 0.4) is 0 Å². The number of ether oxygens (including phenoxy) is 1. The molecule has 0 saturated carbocycles. The summed E-state index contributed by atoms with van der Waals surface area (Å²) in [5, 5.41) is 4.09. The first-order chi connectivity index (χ1) is 11.7. The van der Waals surface area contributed by atoms with Gasteiger partial charge in [0.2, 0.25) is 0 Å². The number of hydrogen-bond acceptors (Lipinski definition) is 4. The maximum absolute atomic E-state index is 5.36. The van der Waals surface area contributed by atoms with Gasteiger partial charge in [-0.25, -0.2) is 4.98 Å². The quantitative estimate of drug-likeness (QED) is 0.565. The summed E-state index contributed by atoms with van der Waals surface area (Å²) in [5.41, 5.74) is 6.14. The molecule has 0 aliphatic rings. The van der Waals surface area contributed by atoms with Crippen LogP contribution >= 0.6 is 0 Å². The summed E-state index contributed by atoms with van der Waals surface area (Å²) in [4.78, 5) is 4.29. The molecule has 5 nitrogen and oxygen atoms in total. The number of methoxy groups -OCH3 is 1. The van der Waals surface area contributed by atoms with Gasteiger partial charge in [0.15, 0.2) is 0 Å². The molecule has 0 spiro atoms. The number of fused-ring (bicyclic) bond motifs is 1. The number of rotatable bonds is 3. The van der Waals surface area contributed by atoms with Gasteiger partial charge in [0.05, 0.1) is 30.8 Å². The third kappa shape index (κ3) is 2.25. The molecule has 1 aromatic carbocycles. The molecule has 0 N–H and O–H groups in total. The minimum Gasteiger partial charge on any atom is -0.497 e. The maximum atomic E-state index is 5.36. The van der Waals surface area contributed by atoms with Crippen LogP contribution in [0, 0.1) is 13.8 Å². The smallest absolute Gasteiger partial charge is 0.141 e. The van der Waals surface area contributed by atoms with Crippen LogP contribution in [0.15, 0.2) is 53.6 Å². The fourth-order valence-corrected chi connectivity index (χ4v) is 3.06. The Labute approximate surface area is 139 Å². The number of aromatic nitrogens is 3. The molecule has 0 atom stereocenters. The van der Waals surface area contributed by atoms with Crippen molar-refractivity contribution in [3.8, 4) is 28.0 Å². The fraction of sp³-hybridized carbons (Fsp3) is 0.158. The number of benzene rings is 1. The van der Waals surface area contributed by atoms with Gasteiger partial charge in [0.1, 0.15) is 11.5 Å². The Hall–Kier alpha value is -3.08. The van der Waals surface area contributed by atoms with E-state index in [2.05, 4.69) is 28.5 Å². The number of aryl methyl sites for hydroxylation is 2. The first-order valence-corrected chi connectivity index (χ1v) is 7.71. The van der Waals surface area contributed by atoms with Crippen LogP contribution in [0.4, 0.5) is 0 Å². The van der Waals surface area contributed by atoms with E-state index in [9.17, 15) is 0 Å². The van der Waals surface area contributed by atoms with Gasteiger partial charge in [-0.05, 0) is 43.2 Å². The van der Waals surface area contributed by atoms with Gasteiger partial charge >= 0.3 is 0 Å². The normalized spacial score (nSPS) is 11.1. The zero-order valence-corrected chi connectivity index (χ0v) is 13.8. The summed E-state index contributed by atoms with van der Waals surface area (Å²) in [6, 6.07) is 10.2. The Morgan fingerprint density at radius 2 is 2.00 bits per heavy atom. The summed E-state index contributed by atoms with van der Waals surface area (Å²) in [7, 11) is 1.67. The van der Waals surface area contributed by atoms with E-state index >= 15 is 0 Å². The van der Waals surface area contributed by atoms with Crippen LogP contribution in [0.2, 0.25) is 0 Å².